The number of aryl methyl sites for hydroxylation is 1. The van der Waals surface area contributed by atoms with Gasteiger partial charge < -0.3 is 13.9 Å². The summed E-state index contributed by atoms with van der Waals surface area (Å²) >= 11 is 1.31. The number of rotatable bonds is 5. The zero-order chi connectivity index (χ0) is 18.1. The third kappa shape index (κ3) is 3.18. The molecule has 0 spiro atoms. The number of fused-ring (bicyclic) bond motifs is 1. The van der Waals surface area contributed by atoms with Crippen molar-refractivity contribution >= 4 is 22.7 Å². The van der Waals surface area contributed by atoms with Gasteiger partial charge in [0.1, 0.15) is 30.5 Å². The summed E-state index contributed by atoms with van der Waals surface area (Å²) < 4.78 is 12.4. The van der Waals surface area contributed by atoms with E-state index in [2.05, 4.69) is 20.3 Å². The molecule has 3 heterocycles. The Morgan fingerprint density at radius 1 is 1.27 bits per heavy atom. The van der Waals surface area contributed by atoms with Gasteiger partial charge in [0, 0.05) is 22.8 Å². The van der Waals surface area contributed by atoms with Gasteiger partial charge in [-0.2, -0.15) is 5.10 Å². The predicted octanol–water partition coefficient (Wildman–Crippen LogP) is 2.12. The van der Waals surface area contributed by atoms with Crippen LogP contribution in [-0.4, -0.2) is 30.1 Å². The molecular formula is C16H13N5O4S. The Morgan fingerprint density at radius 3 is 2.96 bits per heavy atom. The average Bonchev–Trinajstić information content (AvgIpc) is 3.29. The first-order valence-electron chi connectivity index (χ1n) is 7.63. The molecule has 0 amide bonds. The second-order valence-corrected chi connectivity index (χ2v) is 6.45. The van der Waals surface area contributed by atoms with E-state index in [0.717, 1.165) is 10.9 Å². The number of thioether (sulfide) groups is 1. The quantitative estimate of drug-likeness (QED) is 0.415. The van der Waals surface area contributed by atoms with E-state index in [9.17, 15) is 9.90 Å². The second kappa shape index (κ2) is 6.64. The molecule has 0 atom stereocenters. The Balaban J connectivity index is 1.56. The van der Waals surface area contributed by atoms with Crippen LogP contribution < -0.4 is 5.63 Å². The van der Waals surface area contributed by atoms with E-state index in [-0.39, 0.29) is 5.75 Å². The molecule has 132 valence electrons. The summed E-state index contributed by atoms with van der Waals surface area (Å²) in [4.78, 5) is 15.7. The Morgan fingerprint density at radius 2 is 2.15 bits per heavy atom. The van der Waals surface area contributed by atoms with Crippen LogP contribution in [0.3, 0.4) is 0 Å². The van der Waals surface area contributed by atoms with Crippen LogP contribution in [-0.2, 0) is 12.3 Å². The highest BCUT2D eigenvalue weighted by atomic mass is 32.2. The number of benzene rings is 1. The SMILES string of the molecule is Cc1c(O)ccc2c(CSc3nnc(Cn4cncn4)o3)cc(=O)oc12. The van der Waals surface area contributed by atoms with E-state index >= 15 is 0 Å². The maximum absolute atomic E-state index is 11.8. The van der Waals surface area contributed by atoms with Gasteiger partial charge in [-0.1, -0.05) is 11.8 Å². The van der Waals surface area contributed by atoms with Crippen molar-refractivity contribution in [2.75, 3.05) is 0 Å². The standard InChI is InChI=1S/C16H13N5O4S/c1-9-12(22)3-2-11-10(4-14(23)25-15(9)11)6-26-16-20-19-13(24-16)5-21-8-17-7-18-21/h2-4,7-8,22H,5-6H2,1H3. The van der Waals surface area contributed by atoms with Crippen molar-refractivity contribution in [3.8, 4) is 5.75 Å². The van der Waals surface area contributed by atoms with Gasteiger partial charge in [-0.15, -0.1) is 10.2 Å². The van der Waals surface area contributed by atoms with Gasteiger partial charge >= 0.3 is 5.63 Å². The van der Waals surface area contributed by atoms with E-state index in [1.54, 1.807) is 30.1 Å². The van der Waals surface area contributed by atoms with Crippen LogP contribution in [0.15, 0.2) is 49.7 Å². The number of nitrogens with zero attached hydrogens (tertiary/aromatic N) is 5. The zero-order valence-electron chi connectivity index (χ0n) is 13.6. The number of hydrogen-bond acceptors (Lipinski definition) is 9. The molecule has 0 unspecified atom stereocenters. The predicted molar refractivity (Wildman–Crippen MR) is 91.9 cm³/mol. The minimum atomic E-state index is -0.473. The molecule has 10 heteroatoms. The summed E-state index contributed by atoms with van der Waals surface area (Å²) in [6.45, 7) is 2.04. The lowest BCUT2D eigenvalue weighted by atomic mass is 10.1. The van der Waals surface area contributed by atoms with Crippen LogP contribution in [0.5, 0.6) is 5.75 Å². The van der Waals surface area contributed by atoms with Crippen LogP contribution in [0, 0.1) is 6.92 Å². The first-order chi connectivity index (χ1) is 12.6. The van der Waals surface area contributed by atoms with Crippen LogP contribution >= 0.6 is 11.8 Å². The summed E-state index contributed by atoms with van der Waals surface area (Å²) in [5, 5.41) is 22.9. The lowest BCUT2D eigenvalue weighted by molar-refractivity contribution is 0.397. The fourth-order valence-electron chi connectivity index (χ4n) is 2.49. The van der Waals surface area contributed by atoms with E-state index in [4.69, 9.17) is 8.83 Å². The summed E-state index contributed by atoms with van der Waals surface area (Å²) in [6, 6.07) is 4.73. The highest BCUT2D eigenvalue weighted by molar-refractivity contribution is 7.98. The molecule has 0 saturated heterocycles. The largest absolute Gasteiger partial charge is 0.508 e. The molecule has 0 saturated carbocycles. The van der Waals surface area contributed by atoms with Crippen molar-refractivity contribution < 1.29 is 13.9 Å². The molecule has 0 aliphatic carbocycles. The molecule has 4 aromatic rings. The van der Waals surface area contributed by atoms with Gasteiger partial charge in [0.15, 0.2) is 0 Å². The first-order valence-corrected chi connectivity index (χ1v) is 8.61. The highest BCUT2D eigenvalue weighted by Crippen LogP contribution is 2.30. The second-order valence-electron chi connectivity index (χ2n) is 5.52. The Labute approximate surface area is 150 Å². The van der Waals surface area contributed by atoms with Crippen molar-refractivity contribution in [1.29, 1.82) is 0 Å². The van der Waals surface area contributed by atoms with E-state index in [1.807, 2.05) is 0 Å². The molecule has 0 fully saturated rings. The average molecular weight is 371 g/mol. The number of phenolic OH excluding ortho intramolecular Hbond substituents is 1. The normalized spacial score (nSPS) is 11.3. The van der Waals surface area contributed by atoms with Crippen LogP contribution in [0.1, 0.15) is 17.0 Å². The smallest absolute Gasteiger partial charge is 0.336 e. The maximum Gasteiger partial charge on any atom is 0.336 e. The molecule has 0 radical (unpaired) electrons. The van der Waals surface area contributed by atoms with Gasteiger partial charge in [-0.3, -0.25) is 0 Å². The van der Waals surface area contributed by atoms with Gasteiger partial charge in [-0.25, -0.2) is 14.5 Å². The molecule has 9 nitrogen and oxygen atoms in total. The number of aromatic hydroxyl groups is 1. The van der Waals surface area contributed by atoms with E-state index in [0.29, 0.717) is 34.6 Å². The Kier molecular flexibility index (Phi) is 4.17. The van der Waals surface area contributed by atoms with Crippen LogP contribution in [0.25, 0.3) is 11.0 Å². The zero-order valence-corrected chi connectivity index (χ0v) is 14.4. The summed E-state index contributed by atoms with van der Waals surface area (Å²) in [5.41, 5.74) is 1.20. The molecule has 1 aromatic carbocycles. The molecule has 3 aromatic heterocycles. The number of hydrogen-bond donors (Lipinski definition) is 1. The topological polar surface area (TPSA) is 120 Å². The molecule has 4 rings (SSSR count). The Bertz CT molecular complexity index is 1120. The van der Waals surface area contributed by atoms with Crippen molar-refractivity contribution in [2.24, 2.45) is 0 Å². The molecule has 0 aliphatic heterocycles. The van der Waals surface area contributed by atoms with Crippen LogP contribution in [0.4, 0.5) is 0 Å². The van der Waals surface area contributed by atoms with Gasteiger partial charge in [-0.05, 0) is 24.6 Å². The molecule has 26 heavy (non-hydrogen) atoms. The minimum Gasteiger partial charge on any atom is -0.508 e. The molecule has 1 N–H and O–H groups in total. The van der Waals surface area contributed by atoms with Crippen molar-refractivity contribution in [2.45, 2.75) is 24.4 Å². The highest BCUT2D eigenvalue weighted by Gasteiger charge is 2.13. The van der Waals surface area contributed by atoms with Gasteiger partial charge in [0.05, 0.1) is 0 Å². The van der Waals surface area contributed by atoms with Crippen molar-refractivity contribution in [3.63, 3.8) is 0 Å². The fraction of sp³-hybridized carbons (Fsp3) is 0.188. The van der Waals surface area contributed by atoms with E-state index < -0.39 is 5.63 Å². The Hall–Kier alpha value is -3.14. The monoisotopic (exact) mass is 371 g/mol. The lowest BCUT2D eigenvalue weighted by Gasteiger charge is -2.07. The fourth-order valence-corrected chi connectivity index (χ4v) is 3.26. The molecular weight excluding hydrogens is 358 g/mol. The van der Waals surface area contributed by atoms with Gasteiger partial charge in [0.25, 0.3) is 5.22 Å². The molecule has 0 aliphatic rings. The summed E-state index contributed by atoms with van der Waals surface area (Å²) in [5.74, 6) is 0.938. The first kappa shape index (κ1) is 16.3. The third-order valence-corrected chi connectivity index (χ3v) is 4.65. The van der Waals surface area contributed by atoms with Crippen molar-refractivity contribution in [1.82, 2.24) is 25.0 Å². The number of phenols is 1. The minimum absolute atomic E-state index is 0.0834. The van der Waals surface area contributed by atoms with E-state index in [1.165, 1.54) is 24.2 Å². The lowest BCUT2D eigenvalue weighted by Crippen LogP contribution is -2.01. The van der Waals surface area contributed by atoms with Crippen molar-refractivity contribution in [3.05, 3.63) is 58.3 Å². The van der Waals surface area contributed by atoms with Crippen LogP contribution in [0.2, 0.25) is 0 Å². The van der Waals surface area contributed by atoms with Gasteiger partial charge in [0.2, 0.25) is 5.89 Å². The maximum atomic E-state index is 11.8. The summed E-state index contributed by atoms with van der Waals surface area (Å²) in [7, 11) is 0. The molecule has 0 bridgehead atoms. The summed E-state index contributed by atoms with van der Waals surface area (Å²) in [6.07, 6.45) is 2.99. The third-order valence-electron chi connectivity index (χ3n) is 3.78. The number of aromatic nitrogens is 5.